The molecule has 0 radical (unpaired) electrons. The van der Waals surface area contributed by atoms with Crippen LogP contribution in [0.15, 0.2) is 66.0 Å². The topological polar surface area (TPSA) is 281 Å². The first kappa shape index (κ1) is 47.9. The molecule has 3 heterocycles. The Bertz CT molecular complexity index is 2070. The van der Waals surface area contributed by atoms with E-state index in [4.69, 9.17) is 46.6 Å². The minimum absolute atomic E-state index is 0.00269. The number of aromatic nitrogens is 3. The maximum Gasteiger partial charge on any atom is 0.490 e. The number of nitrogens with two attached hydrogens (primary N) is 2. The van der Waals surface area contributed by atoms with E-state index >= 15 is 0 Å². The minimum Gasteiger partial charge on any atom is -0.475 e. The number of nitrogens with zero attached hydrogens (tertiary/aromatic N) is 4. The van der Waals surface area contributed by atoms with Gasteiger partial charge in [0.05, 0.1) is 22.7 Å². The first-order valence-electron chi connectivity index (χ1n) is 14.9. The third kappa shape index (κ3) is 16.4. The molecule has 0 atom stereocenters. The van der Waals surface area contributed by atoms with Crippen LogP contribution in [0.2, 0.25) is 0 Å². The Morgan fingerprint density at radius 3 is 1.74 bits per heavy atom. The van der Waals surface area contributed by atoms with Crippen LogP contribution in [-0.2, 0) is 28.5 Å². The zero-order valence-corrected chi connectivity index (χ0v) is 28.9. The summed E-state index contributed by atoms with van der Waals surface area (Å²) in [5.41, 5.74) is 14.8. The third-order valence-electron chi connectivity index (χ3n) is 6.26. The highest BCUT2D eigenvalue weighted by atomic mass is 19.4. The number of amidine groups is 2. The molecule has 0 saturated carbocycles. The van der Waals surface area contributed by atoms with Crippen molar-refractivity contribution in [2.75, 3.05) is 11.9 Å². The van der Waals surface area contributed by atoms with Crippen molar-refractivity contribution in [2.45, 2.75) is 24.9 Å². The molecule has 3 aromatic heterocycles. The highest BCUT2D eigenvalue weighted by Gasteiger charge is 2.39. The number of carboxylic acid groups (broad SMARTS) is 3. The smallest absolute Gasteiger partial charge is 0.475 e. The Labute approximate surface area is 312 Å². The molecule has 2 amide bonds. The van der Waals surface area contributed by atoms with Gasteiger partial charge < -0.3 is 46.6 Å². The molecule has 17 nitrogen and oxygen atoms in total. The van der Waals surface area contributed by atoms with Crippen molar-refractivity contribution >= 4 is 63.7 Å². The van der Waals surface area contributed by atoms with Gasteiger partial charge in [-0.05, 0) is 24.3 Å². The normalized spacial score (nSPS) is 11.4. The van der Waals surface area contributed by atoms with E-state index < -0.39 is 36.4 Å². The number of benzene rings is 1. The Morgan fingerprint density at radius 2 is 1.25 bits per heavy atom. The lowest BCUT2D eigenvalue weighted by atomic mass is 10.1. The quantitative estimate of drug-likeness (QED) is 0.0709. The summed E-state index contributed by atoms with van der Waals surface area (Å²) < 4.78 is 98.5. The van der Waals surface area contributed by atoms with Crippen molar-refractivity contribution < 1.29 is 78.8 Å². The summed E-state index contributed by atoms with van der Waals surface area (Å²) in [6, 6.07) is 12.9. The fourth-order valence-electron chi connectivity index (χ4n) is 3.70. The van der Waals surface area contributed by atoms with Crippen LogP contribution in [0.4, 0.5) is 50.9 Å². The molecule has 310 valence electrons. The summed E-state index contributed by atoms with van der Waals surface area (Å²) >= 11 is 0. The summed E-state index contributed by atoms with van der Waals surface area (Å²) in [6.07, 6.45) is -9.97. The van der Waals surface area contributed by atoms with Gasteiger partial charge in [-0.3, -0.25) is 20.0 Å². The predicted octanol–water partition coefficient (Wildman–Crippen LogP) is 4.16. The zero-order chi connectivity index (χ0) is 44.1. The van der Waals surface area contributed by atoms with Crippen molar-refractivity contribution in [2.24, 2.45) is 30.6 Å². The maximum absolute atomic E-state index is 12.9. The van der Waals surface area contributed by atoms with E-state index in [1.54, 1.807) is 54.0 Å². The van der Waals surface area contributed by atoms with Crippen LogP contribution in [0.3, 0.4) is 0 Å². The third-order valence-corrected chi connectivity index (χ3v) is 6.26. The number of aliphatic imine (C=N–C) groups is 1. The predicted molar refractivity (Wildman–Crippen MR) is 181 cm³/mol. The molecule has 26 heteroatoms. The number of aliphatic carboxylic acids is 3. The number of carbonyl (C=O) groups excluding carboxylic acids is 2. The molecule has 1 aromatic carbocycles. The van der Waals surface area contributed by atoms with Gasteiger partial charge in [-0.1, -0.05) is 18.2 Å². The lowest BCUT2D eigenvalue weighted by molar-refractivity contribution is -0.193. The van der Waals surface area contributed by atoms with E-state index in [9.17, 15) is 49.1 Å². The van der Waals surface area contributed by atoms with Crippen molar-refractivity contribution in [3.05, 3.63) is 78.0 Å². The van der Waals surface area contributed by atoms with Crippen LogP contribution in [0.25, 0.3) is 10.9 Å². The van der Waals surface area contributed by atoms with E-state index in [1.807, 2.05) is 30.3 Å². The Morgan fingerprint density at radius 1 is 0.772 bits per heavy atom. The minimum atomic E-state index is -5.08. The van der Waals surface area contributed by atoms with E-state index in [1.165, 1.54) is 0 Å². The molecule has 0 unspecified atom stereocenters. The number of fused-ring (bicyclic) bond motifs is 1. The molecule has 10 N–H and O–H groups in total. The summed E-state index contributed by atoms with van der Waals surface area (Å²) in [5.74, 6) is -8.67. The second kappa shape index (κ2) is 20.0. The standard InChI is InChI=1S/C25H27N9O2.3C2HF3O2/c1-33-14-18(11-20(33)24(35)29-8-7-22(26)27)32-25(36)21-10-17(13-34(21)2)31-23(28)16-9-15-5-3-4-6-19(15)30-12-16;3*3-2(4,5)1(6)7/h3-6,9-14H,7-8H2,1-2H3,(H3,26,27)(H2,28,31)(H,29,35)(H,32,36);3*(H,6,7). The number of halogens is 9. The van der Waals surface area contributed by atoms with Gasteiger partial charge in [-0.2, -0.15) is 39.5 Å². The number of carbonyl (C=O) groups is 5. The monoisotopic (exact) mass is 827 g/mol. The first-order chi connectivity index (χ1) is 26.0. The molecular formula is C31H30F9N9O8. The van der Waals surface area contributed by atoms with Crippen molar-refractivity contribution in [3.8, 4) is 0 Å². The molecular weight excluding hydrogens is 797 g/mol. The number of para-hydroxylation sites is 1. The number of carboxylic acids is 3. The van der Waals surface area contributed by atoms with Crippen molar-refractivity contribution in [1.29, 1.82) is 5.41 Å². The number of hydrogen-bond donors (Lipinski definition) is 8. The summed E-state index contributed by atoms with van der Waals surface area (Å²) in [5, 5.41) is 35.1. The molecule has 0 aliphatic heterocycles. The van der Waals surface area contributed by atoms with Crippen LogP contribution >= 0.6 is 0 Å². The van der Waals surface area contributed by atoms with Crippen LogP contribution in [0, 0.1) is 5.41 Å². The molecule has 4 rings (SSSR count). The maximum atomic E-state index is 12.9. The van der Waals surface area contributed by atoms with E-state index in [0.29, 0.717) is 28.3 Å². The molecule has 4 aromatic rings. The van der Waals surface area contributed by atoms with Gasteiger partial charge in [0.2, 0.25) is 0 Å². The Hall–Kier alpha value is -7.15. The van der Waals surface area contributed by atoms with Crippen LogP contribution in [0.5, 0.6) is 0 Å². The number of amides is 2. The number of anilines is 1. The van der Waals surface area contributed by atoms with Crippen molar-refractivity contribution in [1.82, 2.24) is 19.4 Å². The van der Waals surface area contributed by atoms with Gasteiger partial charge in [0, 0.05) is 56.6 Å². The summed E-state index contributed by atoms with van der Waals surface area (Å²) in [6.45, 7) is 0.256. The Kier molecular flexibility index (Phi) is 16.8. The Balaban J connectivity index is 0.000000632. The largest absolute Gasteiger partial charge is 0.490 e. The van der Waals surface area contributed by atoms with Gasteiger partial charge in [0.15, 0.2) is 0 Å². The number of pyridine rings is 1. The molecule has 0 aliphatic carbocycles. The fourth-order valence-corrected chi connectivity index (χ4v) is 3.70. The number of alkyl halides is 9. The second-order valence-corrected chi connectivity index (χ2v) is 10.7. The molecule has 0 aliphatic rings. The molecule has 0 saturated heterocycles. The fraction of sp³-hybridized carbons (Fsp3) is 0.226. The molecule has 0 fully saturated rings. The first-order valence-corrected chi connectivity index (χ1v) is 14.9. The second-order valence-electron chi connectivity index (χ2n) is 10.7. The summed E-state index contributed by atoms with van der Waals surface area (Å²) in [7, 11) is 3.44. The number of aryl methyl sites for hydroxylation is 2. The highest BCUT2D eigenvalue weighted by Crippen LogP contribution is 2.21. The lowest BCUT2D eigenvalue weighted by Crippen LogP contribution is -2.28. The van der Waals surface area contributed by atoms with E-state index in [-0.39, 0.29) is 36.5 Å². The number of rotatable bonds is 8. The van der Waals surface area contributed by atoms with Gasteiger partial charge in [-0.25, -0.2) is 19.4 Å². The molecule has 57 heavy (non-hydrogen) atoms. The van der Waals surface area contributed by atoms with Gasteiger partial charge in [0.25, 0.3) is 11.8 Å². The zero-order valence-electron chi connectivity index (χ0n) is 28.9. The average Bonchev–Trinajstić information content (AvgIpc) is 3.64. The van der Waals surface area contributed by atoms with Crippen LogP contribution in [-0.4, -0.2) is 95.9 Å². The number of nitrogens with one attached hydrogen (secondary N) is 3. The SMILES string of the molecule is Cn1cc(NC(=O)c2cc(N=C(N)c3cnc4ccccc4c3)cn2C)cc1C(=O)NCCC(=N)N.O=C(O)C(F)(F)F.O=C(O)C(F)(F)F.O=C(O)C(F)(F)F. The average molecular weight is 828 g/mol. The van der Waals surface area contributed by atoms with Crippen molar-refractivity contribution in [3.63, 3.8) is 0 Å². The molecule has 0 spiro atoms. The molecule has 0 bridgehead atoms. The summed E-state index contributed by atoms with van der Waals surface area (Å²) in [4.78, 5) is 60.9. The van der Waals surface area contributed by atoms with E-state index in [2.05, 4.69) is 20.6 Å². The van der Waals surface area contributed by atoms with E-state index in [0.717, 1.165) is 10.9 Å². The van der Waals surface area contributed by atoms with Gasteiger partial charge in [-0.15, -0.1) is 0 Å². The van der Waals surface area contributed by atoms with Gasteiger partial charge in [0.1, 0.15) is 17.2 Å². The van der Waals surface area contributed by atoms with Crippen LogP contribution in [0.1, 0.15) is 33.0 Å². The van der Waals surface area contributed by atoms with Crippen LogP contribution < -0.4 is 22.1 Å². The number of hydrogen-bond acceptors (Lipinski definition) is 8. The lowest BCUT2D eigenvalue weighted by Gasteiger charge is -2.04. The highest BCUT2D eigenvalue weighted by molar-refractivity contribution is 6.05. The van der Waals surface area contributed by atoms with Gasteiger partial charge >= 0.3 is 36.4 Å².